The van der Waals surface area contributed by atoms with Gasteiger partial charge in [0.1, 0.15) is 0 Å². The lowest BCUT2D eigenvalue weighted by molar-refractivity contribution is -0.151. The molecule has 0 saturated heterocycles. The Bertz CT molecular complexity index is 626. The second-order valence-electron chi connectivity index (χ2n) is 7.56. The van der Waals surface area contributed by atoms with E-state index in [0.717, 1.165) is 41.6 Å². The van der Waals surface area contributed by atoms with Gasteiger partial charge in [-0.2, -0.15) is 0 Å². The summed E-state index contributed by atoms with van der Waals surface area (Å²) < 4.78 is 9.50. The van der Waals surface area contributed by atoms with Crippen LogP contribution in [0.4, 0.5) is 0 Å². The van der Waals surface area contributed by atoms with Crippen LogP contribution in [0.2, 0.25) is 0 Å². The van der Waals surface area contributed by atoms with Gasteiger partial charge in [-0.15, -0.1) is 0 Å². The number of esters is 2. The van der Waals surface area contributed by atoms with Gasteiger partial charge in [0.15, 0.2) is 0 Å². The number of rotatable bonds is 2. The lowest BCUT2D eigenvalue weighted by Gasteiger charge is -2.21. The molecule has 0 aromatic heterocycles. The first-order chi connectivity index (χ1) is 10.6. The van der Waals surface area contributed by atoms with Crippen molar-refractivity contribution in [3.05, 3.63) is 23.8 Å². The summed E-state index contributed by atoms with van der Waals surface area (Å²) in [6, 6.07) is 0. The summed E-state index contributed by atoms with van der Waals surface area (Å²) in [5, 5.41) is 0. The van der Waals surface area contributed by atoms with Crippen molar-refractivity contribution in [2.45, 2.75) is 12.8 Å². The minimum absolute atomic E-state index is 0.101. The number of ether oxygens (including phenoxy) is 2. The molecule has 116 valence electrons. The average Bonchev–Trinajstić information content (AvgIpc) is 3.03. The normalized spacial score (nSPS) is 51.9. The number of fused-ring (bicyclic) bond motifs is 2. The van der Waals surface area contributed by atoms with Gasteiger partial charge in [-0.3, -0.25) is 4.79 Å². The Labute approximate surface area is 129 Å². The lowest BCUT2D eigenvalue weighted by Crippen LogP contribution is -2.29. The number of hydrogen-bond acceptors (Lipinski definition) is 4. The molecule has 0 aromatic rings. The first kappa shape index (κ1) is 12.9. The van der Waals surface area contributed by atoms with Gasteiger partial charge in [0.25, 0.3) is 0 Å². The van der Waals surface area contributed by atoms with E-state index in [9.17, 15) is 9.59 Å². The van der Waals surface area contributed by atoms with E-state index >= 15 is 0 Å². The van der Waals surface area contributed by atoms with Crippen LogP contribution in [-0.2, 0) is 19.1 Å². The molecule has 7 rings (SSSR count). The molecule has 0 spiro atoms. The van der Waals surface area contributed by atoms with E-state index in [2.05, 4.69) is 16.9 Å². The van der Waals surface area contributed by atoms with Crippen molar-refractivity contribution in [2.24, 2.45) is 46.8 Å². The van der Waals surface area contributed by atoms with Gasteiger partial charge in [0.05, 0.1) is 19.6 Å². The molecule has 4 nitrogen and oxygen atoms in total. The summed E-state index contributed by atoms with van der Waals surface area (Å²) >= 11 is 0. The lowest BCUT2D eigenvalue weighted by atomic mass is 9.85. The Balaban J connectivity index is 0.000000102. The standard InChI is InChI=1S/2C9H10O2/c1-11-8(10)9-4-2-3-5(6(3)9)7(4)9;1-11-9(10)8-5-6-2-3-7(8)4-6/h3-7H,2H2,1H3;2-3,5-7H,4H2,1H3. The van der Waals surface area contributed by atoms with E-state index in [4.69, 9.17) is 4.74 Å². The summed E-state index contributed by atoms with van der Waals surface area (Å²) in [7, 11) is 2.96. The smallest absolute Gasteiger partial charge is 0.334 e. The van der Waals surface area contributed by atoms with E-state index in [1.54, 1.807) is 0 Å². The van der Waals surface area contributed by atoms with Crippen LogP contribution in [0.5, 0.6) is 0 Å². The predicted molar refractivity (Wildman–Crippen MR) is 77.4 cm³/mol. The molecule has 0 N–H and O–H groups in total. The zero-order valence-corrected chi connectivity index (χ0v) is 12.8. The largest absolute Gasteiger partial charge is 0.469 e. The van der Waals surface area contributed by atoms with E-state index < -0.39 is 0 Å². The van der Waals surface area contributed by atoms with E-state index in [0.29, 0.717) is 11.8 Å². The Kier molecular flexibility index (Phi) is 2.25. The van der Waals surface area contributed by atoms with Crippen molar-refractivity contribution < 1.29 is 19.1 Å². The summed E-state index contributed by atoms with van der Waals surface area (Å²) in [5.74, 6) is 5.02. The van der Waals surface area contributed by atoms with Crippen molar-refractivity contribution in [1.29, 1.82) is 0 Å². The topological polar surface area (TPSA) is 52.6 Å². The highest BCUT2D eigenvalue weighted by atomic mass is 16.5. The van der Waals surface area contributed by atoms with Crippen LogP contribution >= 0.6 is 0 Å². The van der Waals surface area contributed by atoms with Crippen LogP contribution in [0.25, 0.3) is 0 Å². The van der Waals surface area contributed by atoms with Crippen molar-refractivity contribution in [3.63, 3.8) is 0 Å². The second-order valence-corrected chi connectivity index (χ2v) is 7.56. The molecule has 0 aliphatic heterocycles. The fraction of sp³-hybridized carbons (Fsp3) is 0.667. The first-order valence-electron chi connectivity index (χ1n) is 8.21. The molecule has 7 aliphatic rings. The third kappa shape index (κ3) is 1.23. The van der Waals surface area contributed by atoms with Crippen molar-refractivity contribution in [3.8, 4) is 0 Å². The summed E-state index contributed by atoms with van der Waals surface area (Å²) in [5.41, 5.74) is 0.948. The van der Waals surface area contributed by atoms with Crippen LogP contribution < -0.4 is 0 Å². The Morgan fingerprint density at radius 2 is 1.95 bits per heavy atom. The number of carbonyl (C=O) groups is 2. The number of methoxy groups -OCH3 is 2. The molecule has 0 radical (unpaired) electrons. The second kappa shape index (κ2) is 3.84. The molecule has 0 aromatic carbocycles. The molecule has 5 saturated carbocycles. The van der Waals surface area contributed by atoms with Gasteiger partial charge in [0.2, 0.25) is 0 Å². The van der Waals surface area contributed by atoms with Gasteiger partial charge in [-0.1, -0.05) is 18.2 Å². The van der Waals surface area contributed by atoms with Crippen LogP contribution in [0, 0.1) is 46.8 Å². The van der Waals surface area contributed by atoms with Gasteiger partial charge in [0, 0.05) is 11.5 Å². The number of hydrogen-bond donors (Lipinski definition) is 0. The molecule has 0 amide bonds. The van der Waals surface area contributed by atoms with Crippen LogP contribution in [0.15, 0.2) is 23.8 Å². The van der Waals surface area contributed by atoms with Crippen molar-refractivity contribution in [1.82, 2.24) is 0 Å². The maximum Gasteiger partial charge on any atom is 0.334 e. The van der Waals surface area contributed by atoms with E-state index in [-0.39, 0.29) is 17.4 Å². The third-order valence-electron chi connectivity index (χ3n) is 7.08. The quantitative estimate of drug-likeness (QED) is 0.578. The molecule has 22 heavy (non-hydrogen) atoms. The molecular formula is C18H20O4. The Morgan fingerprint density at radius 3 is 2.36 bits per heavy atom. The Hall–Kier alpha value is -1.58. The molecular weight excluding hydrogens is 280 g/mol. The molecule has 4 heteroatoms. The third-order valence-corrected chi connectivity index (χ3v) is 7.08. The highest BCUT2D eigenvalue weighted by Gasteiger charge is 2.99. The van der Waals surface area contributed by atoms with Crippen LogP contribution in [-0.4, -0.2) is 26.2 Å². The zero-order valence-electron chi connectivity index (χ0n) is 12.8. The number of allylic oxidation sites excluding steroid dienone is 3. The zero-order chi connectivity index (χ0) is 15.2. The minimum Gasteiger partial charge on any atom is -0.469 e. The van der Waals surface area contributed by atoms with E-state index in [1.807, 2.05) is 6.08 Å². The maximum absolute atomic E-state index is 11.4. The van der Waals surface area contributed by atoms with Gasteiger partial charge in [-0.25, -0.2) is 4.79 Å². The summed E-state index contributed by atoms with van der Waals surface area (Å²) in [6.45, 7) is 0. The van der Waals surface area contributed by atoms with Crippen molar-refractivity contribution >= 4 is 11.9 Å². The molecule has 8 unspecified atom stereocenters. The molecule has 7 aliphatic carbocycles. The fourth-order valence-electron chi connectivity index (χ4n) is 6.32. The Morgan fingerprint density at radius 1 is 1.14 bits per heavy atom. The minimum atomic E-state index is -0.165. The average molecular weight is 300 g/mol. The predicted octanol–water partition coefficient (Wildman–Crippen LogP) is 1.96. The highest BCUT2D eigenvalue weighted by Crippen LogP contribution is 2.98. The first-order valence-corrected chi connectivity index (χ1v) is 8.21. The highest BCUT2D eigenvalue weighted by molar-refractivity contribution is 5.90. The van der Waals surface area contributed by atoms with Crippen molar-refractivity contribution in [2.75, 3.05) is 14.2 Å². The fourth-order valence-corrected chi connectivity index (χ4v) is 6.32. The molecule has 0 heterocycles. The van der Waals surface area contributed by atoms with Gasteiger partial charge < -0.3 is 9.47 Å². The van der Waals surface area contributed by atoms with Crippen LogP contribution in [0.1, 0.15) is 12.8 Å². The molecule has 4 bridgehead atoms. The number of carbonyl (C=O) groups excluding carboxylic acids is 2. The van der Waals surface area contributed by atoms with Gasteiger partial charge >= 0.3 is 11.9 Å². The molecule has 5 fully saturated rings. The van der Waals surface area contributed by atoms with Crippen LogP contribution in [0.3, 0.4) is 0 Å². The van der Waals surface area contributed by atoms with E-state index in [1.165, 1.54) is 20.6 Å². The summed E-state index contributed by atoms with van der Waals surface area (Å²) in [6.07, 6.45) is 8.67. The maximum atomic E-state index is 11.4. The molecule has 8 atom stereocenters. The SMILES string of the molecule is COC(=O)C12C3CC4C(C41)C32.COC(=O)C1=CC2C=CC1C2. The van der Waals surface area contributed by atoms with Gasteiger partial charge in [-0.05, 0) is 48.3 Å². The summed E-state index contributed by atoms with van der Waals surface area (Å²) in [4.78, 5) is 22.5. The monoisotopic (exact) mass is 300 g/mol.